The summed E-state index contributed by atoms with van der Waals surface area (Å²) in [7, 11) is 6.14. The highest BCUT2D eigenvalue weighted by Gasteiger charge is 2.39. The monoisotopic (exact) mass is 454 g/mol. The van der Waals surface area contributed by atoms with Gasteiger partial charge in [0.15, 0.2) is 11.5 Å². The molecule has 0 saturated heterocycles. The van der Waals surface area contributed by atoms with Gasteiger partial charge < -0.3 is 24.3 Å². The molecular weight excluding hydrogens is 424 g/mol. The third-order valence-electron chi connectivity index (χ3n) is 5.48. The first-order valence-corrected chi connectivity index (χ1v) is 10.6. The Morgan fingerprint density at radius 3 is 2.09 bits per heavy atom. The van der Waals surface area contributed by atoms with Crippen molar-refractivity contribution in [2.75, 3.05) is 46.9 Å². The van der Waals surface area contributed by atoms with E-state index in [0.29, 0.717) is 47.1 Å². The number of anilines is 1. The van der Waals surface area contributed by atoms with E-state index in [1.165, 1.54) is 26.2 Å². The molecule has 2 aromatic rings. The van der Waals surface area contributed by atoms with E-state index in [4.69, 9.17) is 18.9 Å². The number of hydrogen-bond acceptors (Lipinski definition) is 7. The third-order valence-corrected chi connectivity index (χ3v) is 5.48. The number of methoxy groups -OCH3 is 4. The number of carbonyl (C=O) groups excluding carboxylic acids is 2. The number of aryl methyl sites for hydroxylation is 2. The van der Waals surface area contributed by atoms with E-state index in [-0.39, 0.29) is 24.1 Å². The summed E-state index contributed by atoms with van der Waals surface area (Å²) < 4.78 is 21.3. The van der Waals surface area contributed by atoms with E-state index < -0.39 is 0 Å². The molecule has 2 amide bonds. The van der Waals surface area contributed by atoms with Gasteiger partial charge in [-0.2, -0.15) is 0 Å². The summed E-state index contributed by atoms with van der Waals surface area (Å²) in [6.07, 6.45) is 0.547. The van der Waals surface area contributed by atoms with Crippen LogP contribution >= 0.6 is 0 Å². The summed E-state index contributed by atoms with van der Waals surface area (Å²) >= 11 is 0. The number of amides is 2. The number of rotatable bonds is 10. The second-order valence-electron chi connectivity index (χ2n) is 7.72. The Balaban J connectivity index is 2.10. The minimum atomic E-state index is -0.389. The standard InChI is InChI=1S/C25H30N2O6/c1-15-8-9-18(16(2)12-15)21-22(25(29)27(24(21)28)10-7-11-30-3)26-17-13-19(31-4)23(33-6)20(14-17)32-5/h8-9,12-14,26H,7,10-11H2,1-6H3. The lowest BCUT2D eigenvalue weighted by atomic mass is 9.97. The quantitative estimate of drug-likeness (QED) is 0.434. The van der Waals surface area contributed by atoms with Crippen molar-refractivity contribution >= 4 is 23.1 Å². The van der Waals surface area contributed by atoms with E-state index >= 15 is 0 Å². The van der Waals surface area contributed by atoms with Crippen molar-refractivity contribution in [3.8, 4) is 17.2 Å². The van der Waals surface area contributed by atoms with Crippen molar-refractivity contribution in [2.24, 2.45) is 0 Å². The van der Waals surface area contributed by atoms with Gasteiger partial charge in [0.1, 0.15) is 5.70 Å². The summed E-state index contributed by atoms with van der Waals surface area (Å²) in [5.74, 6) is 0.574. The zero-order valence-corrected chi connectivity index (χ0v) is 19.9. The predicted octanol–water partition coefficient (Wildman–Crippen LogP) is 3.56. The van der Waals surface area contributed by atoms with E-state index in [1.807, 2.05) is 32.0 Å². The first-order chi connectivity index (χ1) is 15.9. The van der Waals surface area contributed by atoms with Crippen LogP contribution in [0.1, 0.15) is 23.1 Å². The fraction of sp³-hybridized carbons (Fsp3) is 0.360. The first-order valence-electron chi connectivity index (χ1n) is 10.6. The van der Waals surface area contributed by atoms with Gasteiger partial charge >= 0.3 is 0 Å². The van der Waals surface area contributed by atoms with Crippen LogP contribution in [-0.4, -0.2) is 58.3 Å². The Kier molecular flexibility index (Phi) is 7.60. The third kappa shape index (κ3) is 4.80. The molecule has 0 fully saturated rings. The Morgan fingerprint density at radius 2 is 1.55 bits per heavy atom. The molecule has 33 heavy (non-hydrogen) atoms. The van der Waals surface area contributed by atoms with Gasteiger partial charge in [0.25, 0.3) is 11.8 Å². The van der Waals surface area contributed by atoms with Crippen LogP contribution in [-0.2, 0) is 14.3 Å². The molecule has 2 aromatic carbocycles. The van der Waals surface area contributed by atoms with E-state index in [1.54, 1.807) is 19.2 Å². The maximum Gasteiger partial charge on any atom is 0.278 e. The summed E-state index contributed by atoms with van der Waals surface area (Å²) in [4.78, 5) is 28.0. The van der Waals surface area contributed by atoms with Gasteiger partial charge in [-0.3, -0.25) is 14.5 Å². The molecule has 176 valence electrons. The molecule has 8 heteroatoms. The minimum Gasteiger partial charge on any atom is -0.493 e. The van der Waals surface area contributed by atoms with E-state index in [0.717, 1.165) is 11.1 Å². The number of hydrogen-bond donors (Lipinski definition) is 1. The molecule has 0 radical (unpaired) electrons. The number of benzene rings is 2. The van der Waals surface area contributed by atoms with Gasteiger partial charge in [0.05, 0.1) is 26.9 Å². The number of carbonyl (C=O) groups is 2. The first kappa shape index (κ1) is 24.1. The lowest BCUT2D eigenvalue weighted by molar-refractivity contribution is -0.137. The summed E-state index contributed by atoms with van der Waals surface area (Å²) in [6.45, 7) is 4.63. The van der Waals surface area contributed by atoms with E-state index in [9.17, 15) is 9.59 Å². The average Bonchev–Trinajstić information content (AvgIpc) is 3.02. The van der Waals surface area contributed by atoms with Crippen molar-refractivity contribution in [1.82, 2.24) is 4.90 Å². The lowest BCUT2D eigenvalue weighted by Crippen LogP contribution is -2.34. The van der Waals surface area contributed by atoms with Crippen LogP contribution in [0.5, 0.6) is 17.2 Å². The fourth-order valence-electron chi connectivity index (χ4n) is 3.90. The van der Waals surface area contributed by atoms with Crippen LogP contribution in [0.2, 0.25) is 0 Å². The van der Waals surface area contributed by atoms with Crippen LogP contribution in [0.15, 0.2) is 36.0 Å². The topological polar surface area (TPSA) is 86.3 Å². The second kappa shape index (κ2) is 10.4. The molecular formula is C25H30N2O6. The molecule has 1 aliphatic heterocycles. The Labute approximate surface area is 194 Å². The molecule has 0 aromatic heterocycles. The van der Waals surface area contributed by atoms with Crippen LogP contribution in [0.4, 0.5) is 5.69 Å². The number of nitrogens with one attached hydrogen (secondary N) is 1. The highest BCUT2D eigenvalue weighted by molar-refractivity contribution is 6.36. The average molecular weight is 455 g/mol. The summed E-state index contributed by atoms with van der Waals surface area (Å²) in [5, 5.41) is 3.15. The van der Waals surface area contributed by atoms with Gasteiger partial charge in [0.2, 0.25) is 5.75 Å². The van der Waals surface area contributed by atoms with Gasteiger partial charge in [-0.25, -0.2) is 0 Å². The van der Waals surface area contributed by atoms with Crippen molar-refractivity contribution in [1.29, 1.82) is 0 Å². The molecule has 0 saturated carbocycles. The van der Waals surface area contributed by atoms with E-state index in [2.05, 4.69) is 5.32 Å². The number of ether oxygens (including phenoxy) is 4. The second-order valence-corrected chi connectivity index (χ2v) is 7.72. The normalized spacial score (nSPS) is 13.6. The minimum absolute atomic E-state index is 0.207. The van der Waals surface area contributed by atoms with Crippen LogP contribution in [0.3, 0.4) is 0 Å². The molecule has 0 bridgehead atoms. The van der Waals surface area contributed by atoms with Gasteiger partial charge in [-0.05, 0) is 31.4 Å². The smallest absolute Gasteiger partial charge is 0.278 e. The lowest BCUT2D eigenvalue weighted by Gasteiger charge is -2.16. The van der Waals surface area contributed by atoms with Crippen molar-refractivity contribution < 1.29 is 28.5 Å². The molecule has 1 heterocycles. The predicted molar refractivity (Wildman–Crippen MR) is 126 cm³/mol. The van der Waals surface area contributed by atoms with Crippen LogP contribution in [0.25, 0.3) is 5.57 Å². The Bertz CT molecular complexity index is 1070. The zero-order valence-electron chi connectivity index (χ0n) is 19.9. The highest BCUT2D eigenvalue weighted by atomic mass is 16.5. The molecule has 1 N–H and O–H groups in total. The molecule has 0 spiro atoms. The Morgan fingerprint density at radius 1 is 0.879 bits per heavy atom. The van der Waals surface area contributed by atoms with Gasteiger partial charge in [-0.15, -0.1) is 0 Å². The summed E-state index contributed by atoms with van der Waals surface area (Å²) in [5.41, 5.74) is 3.77. The number of imide groups is 1. The number of nitrogens with zero attached hydrogens (tertiary/aromatic N) is 1. The fourth-order valence-corrected chi connectivity index (χ4v) is 3.90. The molecule has 1 aliphatic rings. The highest BCUT2D eigenvalue weighted by Crippen LogP contribution is 2.41. The van der Waals surface area contributed by atoms with Crippen molar-refractivity contribution in [3.05, 3.63) is 52.7 Å². The maximum atomic E-state index is 13.4. The van der Waals surface area contributed by atoms with Crippen LogP contribution < -0.4 is 19.5 Å². The van der Waals surface area contributed by atoms with Gasteiger partial charge in [-0.1, -0.05) is 23.8 Å². The molecule has 0 atom stereocenters. The molecule has 8 nitrogen and oxygen atoms in total. The largest absolute Gasteiger partial charge is 0.493 e. The molecule has 0 unspecified atom stereocenters. The SMILES string of the molecule is COCCCN1C(=O)C(Nc2cc(OC)c(OC)c(OC)c2)=C(c2ccc(C)cc2C)C1=O. The van der Waals surface area contributed by atoms with Crippen molar-refractivity contribution in [2.45, 2.75) is 20.3 Å². The molecule has 0 aliphatic carbocycles. The van der Waals surface area contributed by atoms with Crippen LogP contribution in [0, 0.1) is 13.8 Å². The Hall–Kier alpha value is -3.52. The zero-order chi connectivity index (χ0) is 24.1. The van der Waals surface area contributed by atoms with Gasteiger partial charge in [0, 0.05) is 38.1 Å². The summed E-state index contributed by atoms with van der Waals surface area (Å²) in [6, 6.07) is 9.18. The maximum absolute atomic E-state index is 13.4. The molecule has 3 rings (SSSR count). The van der Waals surface area contributed by atoms with Crippen molar-refractivity contribution in [3.63, 3.8) is 0 Å².